The molecular weight excluding hydrogens is 172 g/mol. The Hall–Kier alpha value is -0.980. The molecule has 0 aliphatic heterocycles. The van der Waals surface area contributed by atoms with Gasteiger partial charge in [0.05, 0.1) is 6.61 Å². The fraction of sp³-hybridized carbons (Fsp3) is 0.538. The summed E-state index contributed by atoms with van der Waals surface area (Å²) in [5.74, 6) is 1.01. The van der Waals surface area contributed by atoms with E-state index < -0.39 is 0 Å². The van der Waals surface area contributed by atoms with Gasteiger partial charge in [0.1, 0.15) is 5.76 Å². The van der Waals surface area contributed by atoms with Gasteiger partial charge in [-0.1, -0.05) is 25.2 Å². The lowest BCUT2D eigenvalue weighted by molar-refractivity contribution is 0.229. The fourth-order valence-corrected chi connectivity index (χ4v) is 1.21. The van der Waals surface area contributed by atoms with Crippen LogP contribution in [-0.2, 0) is 4.74 Å². The molecule has 0 bridgehead atoms. The lowest BCUT2D eigenvalue weighted by Crippen LogP contribution is -1.93. The molecule has 1 nitrogen and oxygen atoms in total. The summed E-state index contributed by atoms with van der Waals surface area (Å²) in [6, 6.07) is 0. The highest BCUT2D eigenvalue weighted by Crippen LogP contribution is 2.17. The summed E-state index contributed by atoms with van der Waals surface area (Å²) in [4.78, 5) is 0. The Morgan fingerprint density at radius 3 is 2.29 bits per heavy atom. The van der Waals surface area contributed by atoms with Gasteiger partial charge in [-0.3, -0.25) is 0 Å². The largest absolute Gasteiger partial charge is 0.498 e. The Labute approximate surface area is 88.2 Å². The third-order valence-corrected chi connectivity index (χ3v) is 2.12. The van der Waals surface area contributed by atoms with E-state index in [-0.39, 0.29) is 0 Å². The van der Waals surface area contributed by atoms with Gasteiger partial charge >= 0.3 is 0 Å². The SMILES string of the molecule is C/C=C(C)/C(/C=C\CC)=C(/C)OCC. The molecule has 0 saturated heterocycles. The van der Waals surface area contributed by atoms with Gasteiger partial charge in [0.2, 0.25) is 0 Å². The molecule has 0 atom stereocenters. The van der Waals surface area contributed by atoms with E-state index in [0.29, 0.717) is 0 Å². The molecule has 0 rings (SSSR count). The maximum atomic E-state index is 5.51. The van der Waals surface area contributed by atoms with Crippen molar-refractivity contribution >= 4 is 0 Å². The van der Waals surface area contributed by atoms with Crippen LogP contribution in [0.3, 0.4) is 0 Å². The zero-order valence-electron chi connectivity index (χ0n) is 10.1. The normalized spacial score (nSPS) is 14.5. The van der Waals surface area contributed by atoms with E-state index >= 15 is 0 Å². The molecule has 0 N–H and O–H groups in total. The number of rotatable bonds is 5. The van der Waals surface area contributed by atoms with Crippen LogP contribution in [0.2, 0.25) is 0 Å². The lowest BCUT2D eigenvalue weighted by atomic mass is 10.1. The van der Waals surface area contributed by atoms with Crippen molar-refractivity contribution in [3.63, 3.8) is 0 Å². The summed E-state index contributed by atoms with van der Waals surface area (Å²) >= 11 is 0. The van der Waals surface area contributed by atoms with E-state index in [1.807, 2.05) is 20.8 Å². The first-order valence-corrected chi connectivity index (χ1v) is 5.30. The van der Waals surface area contributed by atoms with Gasteiger partial charge in [0, 0.05) is 5.57 Å². The van der Waals surface area contributed by atoms with Crippen LogP contribution in [0.25, 0.3) is 0 Å². The van der Waals surface area contributed by atoms with Crippen molar-refractivity contribution in [3.8, 4) is 0 Å². The van der Waals surface area contributed by atoms with Crippen LogP contribution in [0, 0.1) is 0 Å². The van der Waals surface area contributed by atoms with E-state index in [4.69, 9.17) is 4.74 Å². The number of allylic oxidation sites excluding steroid dienone is 6. The topological polar surface area (TPSA) is 9.23 Å². The molecule has 0 aromatic heterocycles. The summed E-state index contributed by atoms with van der Waals surface area (Å²) in [7, 11) is 0. The van der Waals surface area contributed by atoms with E-state index in [1.165, 1.54) is 11.1 Å². The summed E-state index contributed by atoms with van der Waals surface area (Å²) < 4.78 is 5.51. The molecule has 0 aromatic rings. The molecule has 14 heavy (non-hydrogen) atoms. The van der Waals surface area contributed by atoms with Crippen LogP contribution in [0.1, 0.15) is 41.0 Å². The highest BCUT2D eigenvalue weighted by atomic mass is 16.5. The van der Waals surface area contributed by atoms with Gasteiger partial charge in [-0.25, -0.2) is 0 Å². The van der Waals surface area contributed by atoms with Gasteiger partial charge < -0.3 is 4.74 Å². The number of ether oxygens (including phenoxy) is 1. The molecule has 0 amide bonds. The first kappa shape index (κ1) is 13.0. The van der Waals surface area contributed by atoms with Gasteiger partial charge in [-0.05, 0) is 39.7 Å². The zero-order valence-corrected chi connectivity index (χ0v) is 10.1. The van der Waals surface area contributed by atoms with Crippen LogP contribution in [-0.4, -0.2) is 6.61 Å². The molecule has 0 spiro atoms. The predicted octanol–water partition coefficient (Wildman–Crippen LogP) is 4.23. The molecule has 0 saturated carbocycles. The smallest absolute Gasteiger partial charge is 0.100 e. The number of hydrogen-bond acceptors (Lipinski definition) is 1. The second kappa shape index (κ2) is 7.43. The Bertz CT molecular complexity index is 244. The minimum atomic E-state index is 0.728. The van der Waals surface area contributed by atoms with Crippen molar-refractivity contribution in [1.82, 2.24) is 0 Å². The predicted molar refractivity (Wildman–Crippen MR) is 63.2 cm³/mol. The van der Waals surface area contributed by atoms with E-state index in [0.717, 1.165) is 18.8 Å². The average molecular weight is 194 g/mol. The zero-order chi connectivity index (χ0) is 11.0. The van der Waals surface area contributed by atoms with Crippen LogP contribution >= 0.6 is 0 Å². The molecule has 0 radical (unpaired) electrons. The van der Waals surface area contributed by atoms with E-state index in [1.54, 1.807) is 0 Å². The van der Waals surface area contributed by atoms with Crippen LogP contribution in [0.5, 0.6) is 0 Å². The second-order valence-electron chi connectivity index (χ2n) is 3.19. The quantitative estimate of drug-likeness (QED) is 0.470. The summed E-state index contributed by atoms with van der Waals surface area (Å²) in [5.41, 5.74) is 2.47. The number of hydrogen-bond donors (Lipinski definition) is 0. The molecule has 0 aliphatic rings. The second-order valence-corrected chi connectivity index (χ2v) is 3.19. The highest BCUT2D eigenvalue weighted by molar-refractivity contribution is 5.39. The Morgan fingerprint density at radius 1 is 1.21 bits per heavy atom. The maximum Gasteiger partial charge on any atom is 0.100 e. The van der Waals surface area contributed by atoms with E-state index in [2.05, 4.69) is 32.1 Å². The highest BCUT2D eigenvalue weighted by Gasteiger charge is 2.01. The third-order valence-electron chi connectivity index (χ3n) is 2.12. The molecule has 80 valence electrons. The molecule has 0 heterocycles. The van der Waals surface area contributed by atoms with Gasteiger partial charge in [-0.15, -0.1) is 0 Å². The molecule has 0 fully saturated rings. The van der Waals surface area contributed by atoms with Crippen molar-refractivity contribution in [1.29, 1.82) is 0 Å². The minimum Gasteiger partial charge on any atom is -0.498 e. The minimum absolute atomic E-state index is 0.728. The summed E-state index contributed by atoms with van der Waals surface area (Å²) in [6.07, 6.45) is 7.46. The first-order valence-electron chi connectivity index (χ1n) is 5.30. The molecular formula is C13H22O. The third kappa shape index (κ3) is 4.31. The Kier molecular flexibility index (Phi) is 6.91. The maximum absolute atomic E-state index is 5.51. The molecule has 0 unspecified atom stereocenters. The first-order chi connectivity index (χ1) is 6.67. The Balaban J connectivity index is 4.88. The van der Waals surface area contributed by atoms with Crippen molar-refractivity contribution in [2.75, 3.05) is 6.61 Å². The van der Waals surface area contributed by atoms with Crippen LogP contribution in [0.4, 0.5) is 0 Å². The van der Waals surface area contributed by atoms with Crippen molar-refractivity contribution in [3.05, 3.63) is 35.1 Å². The van der Waals surface area contributed by atoms with E-state index in [9.17, 15) is 0 Å². The standard InChI is InChI=1S/C13H22O/c1-6-9-10-13(11(4)7-2)12(5)14-8-3/h7,9-10H,6,8H2,1-5H3/b10-9-,11-7+,13-12-. The summed E-state index contributed by atoms with van der Waals surface area (Å²) in [6.45, 7) is 11.1. The molecule has 0 aliphatic carbocycles. The summed E-state index contributed by atoms with van der Waals surface area (Å²) in [5, 5.41) is 0. The Morgan fingerprint density at radius 2 is 1.86 bits per heavy atom. The lowest BCUT2D eigenvalue weighted by Gasteiger charge is -2.09. The van der Waals surface area contributed by atoms with Crippen molar-refractivity contribution < 1.29 is 4.74 Å². The van der Waals surface area contributed by atoms with Gasteiger partial charge in [-0.2, -0.15) is 0 Å². The monoisotopic (exact) mass is 194 g/mol. The van der Waals surface area contributed by atoms with Crippen molar-refractivity contribution in [2.45, 2.75) is 41.0 Å². The average Bonchev–Trinajstić information content (AvgIpc) is 2.18. The fourth-order valence-electron chi connectivity index (χ4n) is 1.21. The van der Waals surface area contributed by atoms with Gasteiger partial charge in [0.15, 0.2) is 0 Å². The molecule has 1 heteroatoms. The van der Waals surface area contributed by atoms with Crippen LogP contribution in [0.15, 0.2) is 35.1 Å². The van der Waals surface area contributed by atoms with Crippen LogP contribution < -0.4 is 0 Å². The van der Waals surface area contributed by atoms with Gasteiger partial charge in [0.25, 0.3) is 0 Å². The molecule has 0 aromatic carbocycles. The van der Waals surface area contributed by atoms with Crippen molar-refractivity contribution in [2.24, 2.45) is 0 Å².